The van der Waals surface area contributed by atoms with Crippen molar-refractivity contribution in [1.29, 1.82) is 0 Å². The number of nitrogens with zero attached hydrogens (tertiary/aromatic N) is 5. The third kappa shape index (κ3) is 5.41. The Hall–Kier alpha value is -3.47. The standard InChI is InChI=1S/C33H41FN6O3/c1-36-17-19-37(20-18-36)12-6-11-35-29-26(34)21-24-30-32(29)43-28-8-3-2-7-27(28)40(30)22-25(31(24)41)33(42)39-15-9-23(10-16-39)38-13-4-5-14-38/h2-3,7-8,21-23,35H,4-6,9-20H2,1H3. The average molecular weight is 589 g/mol. The van der Waals surface area contributed by atoms with E-state index in [9.17, 15) is 9.59 Å². The minimum absolute atomic E-state index is 0.0714. The highest BCUT2D eigenvalue weighted by Crippen LogP contribution is 2.45. The number of para-hydroxylation sites is 2. The molecule has 3 aromatic rings. The molecule has 3 fully saturated rings. The number of carbonyl (C=O) groups is 1. The maximum absolute atomic E-state index is 15.8. The van der Waals surface area contributed by atoms with Gasteiger partial charge in [0.15, 0.2) is 17.3 Å². The molecule has 0 saturated carbocycles. The van der Waals surface area contributed by atoms with Crippen LogP contribution in [0, 0.1) is 5.82 Å². The molecule has 43 heavy (non-hydrogen) atoms. The van der Waals surface area contributed by atoms with Crippen LogP contribution in [0.2, 0.25) is 0 Å². The van der Waals surface area contributed by atoms with Crippen molar-refractivity contribution >= 4 is 22.5 Å². The number of carbonyl (C=O) groups excluding carboxylic acids is 1. The maximum Gasteiger partial charge on any atom is 0.259 e. The summed E-state index contributed by atoms with van der Waals surface area (Å²) in [5.41, 5.74) is 1.06. The number of rotatable bonds is 7. The van der Waals surface area contributed by atoms with Gasteiger partial charge in [-0.3, -0.25) is 9.59 Å². The highest BCUT2D eigenvalue weighted by atomic mass is 19.1. The molecule has 5 heterocycles. The molecule has 1 aromatic heterocycles. The number of piperidine rings is 1. The van der Waals surface area contributed by atoms with Crippen LogP contribution in [-0.2, 0) is 0 Å². The number of anilines is 1. The summed E-state index contributed by atoms with van der Waals surface area (Å²) in [6.07, 6.45) is 6.80. The molecule has 0 radical (unpaired) electrons. The molecular formula is C33H41FN6O3. The van der Waals surface area contributed by atoms with Gasteiger partial charge in [0.05, 0.1) is 11.1 Å². The van der Waals surface area contributed by atoms with Gasteiger partial charge in [-0.15, -0.1) is 0 Å². The van der Waals surface area contributed by atoms with Crippen molar-refractivity contribution in [3.8, 4) is 17.2 Å². The van der Waals surface area contributed by atoms with E-state index in [-0.39, 0.29) is 28.3 Å². The summed E-state index contributed by atoms with van der Waals surface area (Å²) in [6, 6.07) is 9.25. The van der Waals surface area contributed by atoms with Crippen molar-refractivity contribution in [3.05, 3.63) is 58.1 Å². The minimum atomic E-state index is -0.554. The number of halogens is 1. The van der Waals surface area contributed by atoms with E-state index < -0.39 is 11.2 Å². The molecule has 0 aliphatic carbocycles. The molecule has 4 aliphatic rings. The highest BCUT2D eigenvalue weighted by molar-refractivity contribution is 6.01. The Balaban J connectivity index is 1.17. The fraction of sp³-hybridized carbons (Fsp3) is 0.515. The zero-order chi connectivity index (χ0) is 29.5. The first-order valence-corrected chi connectivity index (χ1v) is 15.8. The molecule has 3 saturated heterocycles. The Morgan fingerprint density at radius 1 is 1.02 bits per heavy atom. The molecule has 0 unspecified atom stereocenters. The first-order valence-electron chi connectivity index (χ1n) is 15.8. The highest BCUT2D eigenvalue weighted by Gasteiger charge is 2.32. The minimum Gasteiger partial charge on any atom is -0.451 e. The number of likely N-dealkylation sites (N-methyl/N-ethyl adjacent to an activating group) is 1. The van der Waals surface area contributed by atoms with Crippen LogP contribution in [0.15, 0.2) is 41.3 Å². The number of hydrogen-bond acceptors (Lipinski definition) is 7. The summed E-state index contributed by atoms with van der Waals surface area (Å²) in [5, 5.41) is 3.42. The smallest absolute Gasteiger partial charge is 0.259 e. The molecule has 228 valence electrons. The van der Waals surface area contributed by atoms with E-state index in [1.54, 1.807) is 11.1 Å². The summed E-state index contributed by atoms with van der Waals surface area (Å²) in [7, 11) is 2.14. The second kappa shape index (κ2) is 11.9. The van der Waals surface area contributed by atoms with Crippen LogP contribution in [0.5, 0.6) is 11.5 Å². The van der Waals surface area contributed by atoms with Gasteiger partial charge in [0, 0.05) is 58.1 Å². The second-order valence-electron chi connectivity index (χ2n) is 12.5. The number of aromatic nitrogens is 1. The Labute approximate surface area is 251 Å². The number of ether oxygens (including phenoxy) is 1. The van der Waals surface area contributed by atoms with E-state index in [1.165, 1.54) is 18.9 Å². The van der Waals surface area contributed by atoms with E-state index in [0.717, 1.165) is 70.8 Å². The van der Waals surface area contributed by atoms with E-state index in [1.807, 2.05) is 28.8 Å². The van der Waals surface area contributed by atoms with Crippen LogP contribution >= 0.6 is 0 Å². The van der Waals surface area contributed by atoms with Gasteiger partial charge in [0.1, 0.15) is 16.8 Å². The Morgan fingerprint density at radius 3 is 2.53 bits per heavy atom. The summed E-state index contributed by atoms with van der Waals surface area (Å²) in [6.45, 7) is 9.20. The maximum atomic E-state index is 15.8. The van der Waals surface area contributed by atoms with E-state index >= 15 is 4.39 Å². The average Bonchev–Trinajstić information content (AvgIpc) is 3.57. The number of hydrogen-bond donors (Lipinski definition) is 1. The zero-order valence-electron chi connectivity index (χ0n) is 25.0. The molecule has 7 rings (SSSR count). The van der Waals surface area contributed by atoms with Crippen molar-refractivity contribution in [2.24, 2.45) is 0 Å². The lowest BCUT2D eigenvalue weighted by molar-refractivity contribution is 0.0643. The monoisotopic (exact) mass is 588 g/mol. The molecule has 4 aliphatic heterocycles. The van der Waals surface area contributed by atoms with Gasteiger partial charge >= 0.3 is 0 Å². The molecule has 0 spiro atoms. The van der Waals surface area contributed by atoms with Crippen LogP contribution < -0.4 is 15.5 Å². The van der Waals surface area contributed by atoms with Crippen molar-refractivity contribution in [1.82, 2.24) is 24.2 Å². The molecule has 1 amide bonds. The van der Waals surface area contributed by atoms with Gasteiger partial charge in [-0.25, -0.2) is 4.39 Å². The third-order valence-electron chi connectivity index (χ3n) is 9.72. The summed E-state index contributed by atoms with van der Waals surface area (Å²) < 4.78 is 23.9. The van der Waals surface area contributed by atoms with Gasteiger partial charge in [-0.05, 0) is 77.0 Å². The quantitative estimate of drug-likeness (QED) is 0.328. The van der Waals surface area contributed by atoms with Gasteiger partial charge < -0.3 is 34.2 Å². The van der Waals surface area contributed by atoms with E-state index in [2.05, 4.69) is 27.1 Å². The van der Waals surface area contributed by atoms with Gasteiger partial charge in [-0.1, -0.05) is 12.1 Å². The molecule has 0 atom stereocenters. The van der Waals surface area contributed by atoms with Crippen LogP contribution in [-0.4, -0.2) is 109 Å². The van der Waals surface area contributed by atoms with Crippen molar-refractivity contribution < 1.29 is 13.9 Å². The number of benzene rings is 2. The Morgan fingerprint density at radius 2 is 1.77 bits per heavy atom. The number of amides is 1. The van der Waals surface area contributed by atoms with Gasteiger partial charge in [-0.2, -0.15) is 0 Å². The molecular weight excluding hydrogens is 547 g/mol. The molecule has 1 N–H and O–H groups in total. The lowest BCUT2D eigenvalue weighted by atomic mass is 10.0. The third-order valence-corrected chi connectivity index (χ3v) is 9.72. The largest absolute Gasteiger partial charge is 0.451 e. The number of fused-ring (bicyclic) bond motifs is 2. The predicted octanol–water partition coefficient (Wildman–Crippen LogP) is 3.99. The number of nitrogens with one attached hydrogen (secondary N) is 1. The fourth-order valence-electron chi connectivity index (χ4n) is 7.18. The predicted molar refractivity (Wildman–Crippen MR) is 166 cm³/mol. The van der Waals surface area contributed by atoms with Gasteiger partial charge in [0.2, 0.25) is 5.43 Å². The summed E-state index contributed by atoms with van der Waals surface area (Å²) >= 11 is 0. The fourth-order valence-corrected chi connectivity index (χ4v) is 7.18. The van der Waals surface area contributed by atoms with Crippen LogP contribution in [0.4, 0.5) is 10.1 Å². The first-order chi connectivity index (χ1) is 21.0. The van der Waals surface area contributed by atoms with Crippen LogP contribution in [0.1, 0.15) is 42.5 Å². The molecule has 0 bridgehead atoms. The van der Waals surface area contributed by atoms with Crippen molar-refractivity contribution in [3.63, 3.8) is 0 Å². The molecule has 2 aromatic carbocycles. The molecule has 10 heteroatoms. The SMILES string of the molecule is CN1CCN(CCCNc2c(F)cc3c(=O)c(C(=O)N4CCC(N5CCCC5)CC4)cn4c3c2Oc2ccccc2-4)CC1. The van der Waals surface area contributed by atoms with E-state index in [4.69, 9.17) is 4.74 Å². The Bertz CT molecular complexity index is 1570. The van der Waals surface area contributed by atoms with Gasteiger partial charge in [0.25, 0.3) is 5.91 Å². The first kappa shape index (κ1) is 28.3. The lowest BCUT2D eigenvalue weighted by Gasteiger charge is -2.36. The summed E-state index contributed by atoms with van der Waals surface area (Å²) in [4.78, 5) is 36.7. The van der Waals surface area contributed by atoms with Crippen LogP contribution in [0.3, 0.4) is 0 Å². The van der Waals surface area contributed by atoms with E-state index in [0.29, 0.717) is 36.9 Å². The van der Waals surface area contributed by atoms with Crippen molar-refractivity contribution in [2.75, 3.05) is 77.8 Å². The number of pyridine rings is 1. The Kier molecular flexibility index (Phi) is 7.83. The number of likely N-dealkylation sites (tertiary alicyclic amines) is 2. The topological polar surface area (TPSA) is 73.3 Å². The van der Waals surface area contributed by atoms with Crippen LogP contribution in [0.25, 0.3) is 16.6 Å². The normalized spacial score (nSPS) is 19.9. The van der Waals surface area contributed by atoms with Crippen molar-refractivity contribution in [2.45, 2.75) is 38.1 Å². The lowest BCUT2D eigenvalue weighted by Crippen LogP contribution is -2.46. The number of piperazine rings is 1. The zero-order valence-corrected chi connectivity index (χ0v) is 25.0. The second-order valence-corrected chi connectivity index (χ2v) is 12.5. The molecule has 9 nitrogen and oxygen atoms in total. The summed E-state index contributed by atoms with van der Waals surface area (Å²) in [5.74, 6) is 0.000372.